The van der Waals surface area contributed by atoms with Crippen LogP contribution in [0.4, 0.5) is 0 Å². The van der Waals surface area contributed by atoms with Crippen molar-refractivity contribution in [1.82, 2.24) is 0 Å². The molecule has 0 amide bonds. The Morgan fingerprint density at radius 1 is 1.25 bits per heavy atom. The third kappa shape index (κ3) is 6.43. The van der Waals surface area contributed by atoms with E-state index >= 15 is 0 Å². The van der Waals surface area contributed by atoms with Crippen LogP contribution in [0.3, 0.4) is 0 Å². The van der Waals surface area contributed by atoms with Crippen LogP contribution >= 0.6 is 0 Å². The molecule has 0 radical (unpaired) electrons. The fourth-order valence-electron chi connectivity index (χ4n) is 0.707. The van der Waals surface area contributed by atoms with E-state index in [1.165, 1.54) is 28.8 Å². The lowest BCUT2D eigenvalue weighted by Gasteiger charge is -2.13. The van der Waals surface area contributed by atoms with Gasteiger partial charge in [0, 0.05) is 18.3 Å². The molecular weight excluding hydrogens is 128 g/mol. The predicted molar refractivity (Wildman–Crippen MR) is 47.5 cm³/mol. The van der Waals surface area contributed by atoms with Gasteiger partial charge in [-0.3, -0.25) is 0 Å². The van der Waals surface area contributed by atoms with E-state index < -0.39 is 8.07 Å². The van der Waals surface area contributed by atoms with Crippen molar-refractivity contribution < 1.29 is 0 Å². The van der Waals surface area contributed by atoms with Gasteiger partial charge in [0.2, 0.25) is 0 Å². The van der Waals surface area contributed by atoms with Crippen LogP contribution in [0, 0.1) is 0 Å². The van der Waals surface area contributed by atoms with Crippen molar-refractivity contribution in [3.8, 4) is 0 Å². The summed E-state index contributed by atoms with van der Waals surface area (Å²) in [6.07, 6.45) is 1.50. The van der Waals surface area contributed by atoms with E-state index in [1.54, 1.807) is 0 Å². The van der Waals surface area contributed by atoms with Crippen molar-refractivity contribution in [3.63, 3.8) is 0 Å². The summed E-state index contributed by atoms with van der Waals surface area (Å²) in [5, 5.41) is 0. The Morgan fingerprint density at radius 3 is 1.88 bits per heavy atom. The zero-order chi connectivity index (χ0) is 6.62. The van der Waals surface area contributed by atoms with Gasteiger partial charge in [0.15, 0.2) is 0 Å². The van der Waals surface area contributed by atoms with Crippen molar-refractivity contribution in [1.29, 1.82) is 0 Å². The maximum atomic E-state index is 2.45. The summed E-state index contributed by atoms with van der Waals surface area (Å²) in [5.41, 5.74) is 0. The third-order valence-corrected chi connectivity index (χ3v) is 3.84. The zero-order valence-electron chi connectivity index (χ0n) is 6.62. The Kier molecular flexibility index (Phi) is 3.65. The molecule has 0 atom stereocenters. The average Bonchev–Trinajstić information content (AvgIpc) is 1.59. The molecule has 0 saturated carbocycles. The molecule has 0 aromatic heterocycles. The Balaban J connectivity index is 3.11. The smallest absolute Gasteiger partial charge is 0.0442 e. The zero-order valence-corrected chi connectivity index (χ0v) is 9.62. The van der Waals surface area contributed by atoms with Gasteiger partial charge in [-0.05, 0) is 0 Å². The van der Waals surface area contributed by atoms with Crippen LogP contribution < -0.4 is 0 Å². The second kappa shape index (κ2) is 3.46. The first-order valence-electron chi connectivity index (χ1n) is 3.56. The largest absolute Gasteiger partial charge is 0.0695 e. The second-order valence-electron chi connectivity index (χ2n) is 3.66. The van der Waals surface area contributed by atoms with Gasteiger partial charge < -0.3 is 0 Å². The fraction of sp³-hybridized carbons (Fsp3) is 1.00. The van der Waals surface area contributed by atoms with Gasteiger partial charge in [0.05, 0.1) is 0 Å². The standard InChI is InChI=1S/C6H18Si2/c1-8(2,3)6-4-5-7/h4-6H2,1-3,7H3. The first kappa shape index (κ1) is 8.43. The van der Waals surface area contributed by atoms with Gasteiger partial charge >= 0.3 is 0 Å². The molecule has 0 spiro atoms. The van der Waals surface area contributed by atoms with Crippen molar-refractivity contribution in [2.75, 3.05) is 0 Å². The average molecular weight is 146 g/mol. The highest BCUT2D eigenvalue weighted by molar-refractivity contribution is 6.76. The van der Waals surface area contributed by atoms with Crippen molar-refractivity contribution in [2.45, 2.75) is 38.2 Å². The van der Waals surface area contributed by atoms with E-state index in [0.717, 1.165) is 0 Å². The van der Waals surface area contributed by atoms with Crippen molar-refractivity contribution in [2.24, 2.45) is 0 Å². The summed E-state index contributed by atoms with van der Waals surface area (Å²) in [6, 6.07) is 3.04. The van der Waals surface area contributed by atoms with E-state index in [2.05, 4.69) is 19.6 Å². The minimum absolute atomic E-state index is 0.656. The lowest BCUT2D eigenvalue weighted by Crippen LogP contribution is -2.18. The highest BCUT2D eigenvalue weighted by atomic mass is 28.3. The van der Waals surface area contributed by atoms with Gasteiger partial charge in [-0.15, -0.1) is 0 Å². The quantitative estimate of drug-likeness (QED) is 0.529. The molecule has 0 rings (SSSR count). The first-order chi connectivity index (χ1) is 3.56. The maximum Gasteiger partial charge on any atom is 0.0442 e. The van der Waals surface area contributed by atoms with Gasteiger partial charge in [0.1, 0.15) is 0 Å². The SMILES string of the molecule is C[Si](C)(C)CCC[SiH3]. The summed E-state index contributed by atoms with van der Waals surface area (Å²) in [4.78, 5) is 0. The van der Waals surface area contributed by atoms with Crippen LogP contribution in [-0.2, 0) is 0 Å². The molecule has 0 fully saturated rings. The molecule has 2 heteroatoms. The van der Waals surface area contributed by atoms with Crippen molar-refractivity contribution in [3.05, 3.63) is 0 Å². The highest BCUT2D eigenvalue weighted by Crippen LogP contribution is 2.11. The summed E-state index contributed by atoms with van der Waals surface area (Å²) in [5.74, 6) is 0. The molecule has 0 saturated heterocycles. The van der Waals surface area contributed by atoms with Gasteiger partial charge in [0.25, 0.3) is 0 Å². The predicted octanol–water partition coefficient (Wildman–Crippen LogP) is 1.50. The Labute approximate surface area is 57.1 Å². The van der Waals surface area contributed by atoms with Crippen LogP contribution in [0.25, 0.3) is 0 Å². The molecule has 0 aliphatic heterocycles. The lowest BCUT2D eigenvalue weighted by atomic mass is 10.6. The molecule has 0 aliphatic rings. The molecular formula is C6H18Si2. The van der Waals surface area contributed by atoms with Gasteiger partial charge in [-0.2, -0.15) is 0 Å². The van der Waals surface area contributed by atoms with Crippen LogP contribution in [0.15, 0.2) is 0 Å². The van der Waals surface area contributed by atoms with Gasteiger partial charge in [-0.25, -0.2) is 0 Å². The molecule has 0 aliphatic carbocycles. The maximum absolute atomic E-state index is 2.45. The van der Waals surface area contributed by atoms with Crippen LogP contribution in [0.1, 0.15) is 6.42 Å². The first-order valence-corrected chi connectivity index (χ1v) is 8.68. The Hall–Kier alpha value is 0.434. The second-order valence-corrected chi connectivity index (χ2v) is 10.3. The summed E-state index contributed by atoms with van der Waals surface area (Å²) in [6.45, 7) is 7.35. The molecule has 0 unspecified atom stereocenters. The molecule has 0 heterocycles. The van der Waals surface area contributed by atoms with Crippen LogP contribution in [-0.4, -0.2) is 18.3 Å². The summed E-state index contributed by atoms with van der Waals surface area (Å²) < 4.78 is 0. The highest BCUT2D eigenvalue weighted by Gasteiger charge is 2.10. The normalized spacial score (nSPS) is 12.4. The minimum atomic E-state index is -0.656. The topological polar surface area (TPSA) is 0 Å². The van der Waals surface area contributed by atoms with Crippen LogP contribution in [0.2, 0.25) is 31.7 Å². The van der Waals surface area contributed by atoms with E-state index in [4.69, 9.17) is 0 Å². The molecule has 8 heavy (non-hydrogen) atoms. The van der Waals surface area contributed by atoms with E-state index in [-0.39, 0.29) is 0 Å². The molecule has 0 bridgehead atoms. The number of rotatable bonds is 3. The monoisotopic (exact) mass is 146 g/mol. The number of hydrogen-bond donors (Lipinski definition) is 0. The van der Waals surface area contributed by atoms with Crippen molar-refractivity contribution >= 4 is 18.3 Å². The third-order valence-electron chi connectivity index (χ3n) is 1.28. The summed E-state index contributed by atoms with van der Waals surface area (Å²) in [7, 11) is 0.749. The summed E-state index contributed by atoms with van der Waals surface area (Å²) >= 11 is 0. The van der Waals surface area contributed by atoms with Crippen LogP contribution in [0.5, 0.6) is 0 Å². The molecule has 0 N–H and O–H groups in total. The van der Waals surface area contributed by atoms with Gasteiger partial charge in [-0.1, -0.05) is 38.2 Å². The molecule has 0 aromatic carbocycles. The molecule has 50 valence electrons. The fourth-order valence-corrected chi connectivity index (χ4v) is 3.18. The molecule has 0 aromatic rings. The minimum Gasteiger partial charge on any atom is -0.0695 e. The van der Waals surface area contributed by atoms with E-state index in [1.807, 2.05) is 0 Å². The van der Waals surface area contributed by atoms with E-state index in [0.29, 0.717) is 0 Å². The number of hydrogen-bond acceptors (Lipinski definition) is 0. The molecule has 0 nitrogen and oxygen atoms in total. The van der Waals surface area contributed by atoms with E-state index in [9.17, 15) is 0 Å². The Bertz CT molecular complexity index is 54.0. The Morgan fingerprint density at radius 2 is 1.75 bits per heavy atom. The lowest BCUT2D eigenvalue weighted by molar-refractivity contribution is 1.04.